The molecule has 0 saturated heterocycles. The van der Waals surface area contributed by atoms with Crippen molar-refractivity contribution in [2.24, 2.45) is 0 Å². The number of urea groups is 1. The molecule has 2 aromatic rings. The molecular weight excluding hydrogens is 316 g/mol. The maximum Gasteiger partial charge on any atom is 0.315 e. The van der Waals surface area contributed by atoms with Crippen LogP contribution >= 0.6 is 0 Å². The Balaban J connectivity index is 1.43. The van der Waals surface area contributed by atoms with Crippen molar-refractivity contribution in [3.8, 4) is 5.75 Å². The van der Waals surface area contributed by atoms with Gasteiger partial charge in [0, 0.05) is 18.2 Å². The predicted molar refractivity (Wildman–Crippen MR) is 93.2 cm³/mol. The first-order valence-corrected chi connectivity index (χ1v) is 8.74. The second-order valence-electron chi connectivity index (χ2n) is 6.86. The highest BCUT2D eigenvalue weighted by Gasteiger charge is 2.45. The van der Waals surface area contributed by atoms with Gasteiger partial charge in [0.25, 0.3) is 0 Å². The van der Waals surface area contributed by atoms with Crippen LogP contribution in [0.5, 0.6) is 5.75 Å². The van der Waals surface area contributed by atoms with E-state index in [1.165, 1.54) is 6.42 Å². The van der Waals surface area contributed by atoms with Crippen LogP contribution in [0.25, 0.3) is 0 Å². The standard InChI is InChI=1S/C19H22N4O2/c1-13-20-10-7-14(22-13)12-21-18(24)23-16-11-19(8-4-9-19)25-17-6-3-2-5-15(16)17/h2-3,5-7,10,16H,4,8-9,11-12H2,1H3,(H2,21,23,24)/t16-/m1/s1. The van der Waals surface area contributed by atoms with Gasteiger partial charge in [-0.3, -0.25) is 0 Å². The molecule has 4 rings (SSSR count). The van der Waals surface area contributed by atoms with Crippen LogP contribution in [0.15, 0.2) is 36.5 Å². The lowest BCUT2D eigenvalue weighted by Gasteiger charge is -2.48. The van der Waals surface area contributed by atoms with Gasteiger partial charge >= 0.3 is 6.03 Å². The topological polar surface area (TPSA) is 76.1 Å². The third-order valence-electron chi connectivity index (χ3n) is 5.03. The van der Waals surface area contributed by atoms with Gasteiger partial charge in [-0.25, -0.2) is 14.8 Å². The second-order valence-corrected chi connectivity index (χ2v) is 6.86. The summed E-state index contributed by atoms with van der Waals surface area (Å²) in [6.45, 7) is 2.21. The number of nitrogens with zero attached hydrogens (tertiary/aromatic N) is 2. The van der Waals surface area contributed by atoms with Crippen LogP contribution in [-0.4, -0.2) is 21.6 Å². The minimum absolute atomic E-state index is 0.0302. The molecule has 0 radical (unpaired) electrons. The number of benzene rings is 1. The lowest BCUT2D eigenvalue weighted by atomic mass is 9.73. The van der Waals surface area contributed by atoms with Crippen LogP contribution in [0.1, 0.15) is 48.8 Å². The Bertz CT molecular complexity index is 788. The molecule has 1 fully saturated rings. The third-order valence-corrected chi connectivity index (χ3v) is 5.03. The number of nitrogens with one attached hydrogen (secondary N) is 2. The van der Waals surface area contributed by atoms with E-state index in [-0.39, 0.29) is 17.7 Å². The second kappa shape index (κ2) is 6.35. The Morgan fingerprint density at radius 3 is 2.92 bits per heavy atom. The highest BCUT2D eigenvalue weighted by Crippen LogP contribution is 2.48. The number of hydrogen-bond donors (Lipinski definition) is 2. The van der Waals surface area contributed by atoms with Crippen LogP contribution in [0.4, 0.5) is 4.79 Å². The van der Waals surface area contributed by atoms with Crippen molar-refractivity contribution in [3.05, 3.63) is 53.6 Å². The fourth-order valence-electron chi connectivity index (χ4n) is 3.61. The van der Waals surface area contributed by atoms with Crippen LogP contribution in [-0.2, 0) is 6.54 Å². The summed E-state index contributed by atoms with van der Waals surface area (Å²) >= 11 is 0. The maximum atomic E-state index is 12.4. The Hall–Kier alpha value is -2.63. The lowest BCUT2D eigenvalue weighted by molar-refractivity contribution is -0.0355. The molecule has 6 heteroatoms. The number of aromatic nitrogens is 2. The molecule has 0 unspecified atom stereocenters. The van der Waals surface area contributed by atoms with Gasteiger partial charge in [0.2, 0.25) is 0 Å². The fraction of sp³-hybridized carbons (Fsp3) is 0.421. The number of amides is 2. The summed E-state index contributed by atoms with van der Waals surface area (Å²) in [7, 11) is 0. The quantitative estimate of drug-likeness (QED) is 0.902. The largest absolute Gasteiger partial charge is 0.487 e. The number of fused-ring (bicyclic) bond motifs is 1. The van der Waals surface area contributed by atoms with E-state index in [2.05, 4.69) is 20.6 Å². The number of carbonyl (C=O) groups excluding carboxylic acids is 1. The summed E-state index contributed by atoms with van der Waals surface area (Å²) in [4.78, 5) is 20.8. The fourth-order valence-corrected chi connectivity index (χ4v) is 3.61. The molecule has 130 valence electrons. The average Bonchev–Trinajstić information content (AvgIpc) is 2.58. The van der Waals surface area contributed by atoms with Crippen LogP contribution in [0, 0.1) is 6.92 Å². The van der Waals surface area contributed by atoms with Crippen molar-refractivity contribution in [2.75, 3.05) is 0 Å². The summed E-state index contributed by atoms with van der Waals surface area (Å²) in [5.74, 6) is 1.59. The first-order valence-electron chi connectivity index (χ1n) is 8.74. The molecule has 1 saturated carbocycles. The first-order chi connectivity index (χ1) is 12.1. The van der Waals surface area contributed by atoms with Crippen LogP contribution in [0.3, 0.4) is 0 Å². The van der Waals surface area contributed by atoms with E-state index in [9.17, 15) is 4.79 Å². The van der Waals surface area contributed by atoms with Gasteiger partial charge in [0.05, 0.1) is 18.3 Å². The van der Waals surface area contributed by atoms with Gasteiger partial charge in [-0.05, 0) is 38.3 Å². The molecule has 1 atom stereocenters. The maximum absolute atomic E-state index is 12.4. The summed E-state index contributed by atoms with van der Waals surface area (Å²) in [5, 5.41) is 6.00. The molecule has 0 bridgehead atoms. The zero-order valence-electron chi connectivity index (χ0n) is 14.3. The molecule has 6 nitrogen and oxygen atoms in total. The number of para-hydroxylation sites is 1. The zero-order chi connectivity index (χ0) is 17.3. The van der Waals surface area contributed by atoms with E-state index in [0.717, 1.165) is 36.3 Å². The summed E-state index contributed by atoms with van der Waals surface area (Å²) in [5.41, 5.74) is 1.74. The number of rotatable bonds is 3. The molecule has 1 spiro atoms. The minimum atomic E-state index is -0.188. The smallest absolute Gasteiger partial charge is 0.315 e. The van der Waals surface area contributed by atoms with Gasteiger partial charge in [-0.1, -0.05) is 18.2 Å². The minimum Gasteiger partial charge on any atom is -0.487 e. The number of hydrogen-bond acceptors (Lipinski definition) is 4. The Labute approximate surface area is 147 Å². The van der Waals surface area contributed by atoms with Crippen molar-refractivity contribution in [1.29, 1.82) is 0 Å². The summed E-state index contributed by atoms with van der Waals surface area (Å²) in [6, 6.07) is 9.57. The number of carbonyl (C=O) groups is 1. The van der Waals surface area contributed by atoms with Gasteiger partial charge in [-0.15, -0.1) is 0 Å². The summed E-state index contributed by atoms with van der Waals surface area (Å²) < 4.78 is 6.22. The van der Waals surface area contributed by atoms with Crippen LogP contribution in [0.2, 0.25) is 0 Å². The van der Waals surface area contributed by atoms with Crippen molar-refractivity contribution in [3.63, 3.8) is 0 Å². The molecule has 2 aliphatic rings. The Morgan fingerprint density at radius 2 is 2.16 bits per heavy atom. The normalized spacial score (nSPS) is 20.1. The molecule has 2 N–H and O–H groups in total. The molecule has 1 aliphatic heterocycles. The number of ether oxygens (including phenoxy) is 1. The van der Waals surface area contributed by atoms with Crippen molar-refractivity contribution >= 4 is 6.03 Å². The molecule has 25 heavy (non-hydrogen) atoms. The van der Waals surface area contributed by atoms with E-state index in [4.69, 9.17) is 4.74 Å². The average molecular weight is 338 g/mol. The zero-order valence-corrected chi connectivity index (χ0v) is 14.3. The molecular formula is C19H22N4O2. The molecule has 2 heterocycles. The summed E-state index contributed by atoms with van der Waals surface area (Å²) in [6.07, 6.45) is 5.83. The molecule has 1 aromatic heterocycles. The van der Waals surface area contributed by atoms with Crippen LogP contribution < -0.4 is 15.4 Å². The Morgan fingerprint density at radius 1 is 1.32 bits per heavy atom. The van der Waals surface area contributed by atoms with Crippen molar-refractivity contribution in [1.82, 2.24) is 20.6 Å². The SMILES string of the molecule is Cc1nccc(CNC(=O)N[C@@H]2CC3(CCC3)Oc3ccccc32)n1. The molecule has 1 aromatic carbocycles. The predicted octanol–water partition coefficient (Wildman–Crippen LogP) is 3.03. The van der Waals surface area contributed by atoms with Crippen molar-refractivity contribution in [2.45, 2.75) is 50.8 Å². The lowest BCUT2D eigenvalue weighted by Crippen LogP contribution is -2.50. The highest BCUT2D eigenvalue weighted by atomic mass is 16.5. The molecule has 2 amide bonds. The van der Waals surface area contributed by atoms with Gasteiger partial charge in [-0.2, -0.15) is 0 Å². The van der Waals surface area contributed by atoms with Gasteiger partial charge < -0.3 is 15.4 Å². The van der Waals surface area contributed by atoms with Gasteiger partial charge in [0.15, 0.2) is 0 Å². The first kappa shape index (κ1) is 15.9. The van der Waals surface area contributed by atoms with E-state index >= 15 is 0 Å². The highest BCUT2D eigenvalue weighted by molar-refractivity contribution is 5.74. The monoisotopic (exact) mass is 338 g/mol. The van der Waals surface area contributed by atoms with E-state index in [1.807, 2.05) is 31.2 Å². The van der Waals surface area contributed by atoms with Crippen molar-refractivity contribution < 1.29 is 9.53 Å². The molecule has 1 aliphatic carbocycles. The Kier molecular flexibility index (Phi) is 4.03. The van der Waals surface area contributed by atoms with E-state index < -0.39 is 0 Å². The third kappa shape index (κ3) is 3.29. The van der Waals surface area contributed by atoms with Gasteiger partial charge in [0.1, 0.15) is 17.2 Å². The van der Waals surface area contributed by atoms with E-state index in [1.54, 1.807) is 12.3 Å². The van der Waals surface area contributed by atoms with E-state index in [0.29, 0.717) is 12.4 Å². The number of aryl methyl sites for hydroxylation is 1.